The number of halogens is 1. The van der Waals surface area contributed by atoms with Crippen molar-refractivity contribution in [1.82, 2.24) is 15.0 Å². The van der Waals surface area contributed by atoms with E-state index < -0.39 is 0 Å². The van der Waals surface area contributed by atoms with Gasteiger partial charge in [0.15, 0.2) is 5.75 Å². The van der Waals surface area contributed by atoms with Gasteiger partial charge in [0, 0.05) is 11.1 Å². The zero-order valence-electron chi connectivity index (χ0n) is 10.6. The van der Waals surface area contributed by atoms with E-state index in [2.05, 4.69) is 30.9 Å². The Morgan fingerprint density at radius 1 is 1.25 bits per heavy atom. The predicted molar refractivity (Wildman–Crippen MR) is 79.1 cm³/mol. The minimum Gasteiger partial charge on any atom is -0.435 e. The maximum atomic E-state index is 11.5. The van der Waals surface area contributed by atoms with E-state index in [1.54, 1.807) is 6.07 Å². The molecule has 1 aromatic carbocycles. The largest absolute Gasteiger partial charge is 0.435 e. The molecule has 5 nitrogen and oxygen atoms in total. The SMILES string of the molecule is Cc1ccc2cccc(Oc3nc[nH]c(=O)c3Br)c2n1. The van der Waals surface area contributed by atoms with Crippen molar-refractivity contribution >= 4 is 26.8 Å². The number of pyridine rings is 1. The Labute approximate surface area is 122 Å². The molecular formula is C14H10BrN3O2. The molecule has 0 radical (unpaired) electrons. The van der Waals surface area contributed by atoms with Crippen molar-refractivity contribution < 1.29 is 4.74 Å². The lowest BCUT2D eigenvalue weighted by Crippen LogP contribution is -2.08. The molecule has 0 bridgehead atoms. The highest BCUT2D eigenvalue weighted by atomic mass is 79.9. The van der Waals surface area contributed by atoms with Crippen molar-refractivity contribution in [3.63, 3.8) is 0 Å². The number of nitrogens with zero attached hydrogens (tertiary/aromatic N) is 2. The summed E-state index contributed by atoms with van der Waals surface area (Å²) in [6, 6.07) is 9.53. The first-order valence-corrected chi connectivity index (χ1v) is 6.72. The number of aryl methyl sites for hydroxylation is 1. The van der Waals surface area contributed by atoms with E-state index in [-0.39, 0.29) is 15.9 Å². The van der Waals surface area contributed by atoms with E-state index in [0.717, 1.165) is 16.6 Å². The van der Waals surface area contributed by atoms with Crippen LogP contribution in [0.25, 0.3) is 10.9 Å². The highest BCUT2D eigenvalue weighted by molar-refractivity contribution is 9.10. The minimum atomic E-state index is -0.292. The van der Waals surface area contributed by atoms with Gasteiger partial charge in [0.1, 0.15) is 9.99 Å². The number of ether oxygens (including phenoxy) is 1. The van der Waals surface area contributed by atoms with E-state index >= 15 is 0 Å². The second-order valence-electron chi connectivity index (χ2n) is 4.23. The summed E-state index contributed by atoms with van der Waals surface area (Å²) >= 11 is 3.16. The normalized spacial score (nSPS) is 10.7. The number of aromatic amines is 1. The van der Waals surface area contributed by atoms with Crippen LogP contribution in [0.3, 0.4) is 0 Å². The first-order chi connectivity index (χ1) is 9.65. The van der Waals surface area contributed by atoms with Crippen molar-refractivity contribution in [2.75, 3.05) is 0 Å². The molecule has 6 heteroatoms. The lowest BCUT2D eigenvalue weighted by atomic mass is 10.2. The summed E-state index contributed by atoms with van der Waals surface area (Å²) in [5, 5.41) is 0.967. The number of hydrogen-bond donors (Lipinski definition) is 1. The summed E-state index contributed by atoms with van der Waals surface area (Å²) in [6.45, 7) is 1.91. The average Bonchev–Trinajstić information content (AvgIpc) is 2.44. The van der Waals surface area contributed by atoms with Crippen molar-refractivity contribution in [3.05, 3.63) is 57.2 Å². The van der Waals surface area contributed by atoms with Gasteiger partial charge >= 0.3 is 0 Å². The third-order valence-electron chi connectivity index (χ3n) is 2.79. The summed E-state index contributed by atoms with van der Waals surface area (Å²) in [6.07, 6.45) is 1.30. The molecule has 1 N–H and O–H groups in total. The van der Waals surface area contributed by atoms with Crippen LogP contribution in [0.15, 0.2) is 45.9 Å². The van der Waals surface area contributed by atoms with Gasteiger partial charge in [-0.3, -0.25) is 4.79 Å². The predicted octanol–water partition coefficient (Wildman–Crippen LogP) is 3.18. The molecule has 0 amide bonds. The van der Waals surface area contributed by atoms with Crippen LogP contribution in [0.4, 0.5) is 0 Å². The third kappa shape index (κ3) is 2.30. The monoisotopic (exact) mass is 331 g/mol. The van der Waals surface area contributed by atoms with Gasteiger partial charge in [0.25, 0.3) is 5.56 Å². The summed E-state index contributed by atoms with van der Waals surface area (Å²) in [7, 11) is 0. The van der Waals surface area contributed by atoms with Crippen LogP contribution in [0.1, 0.15) is 5.69 Å². The fourth-order valence-corrected chi connectivity index (χ4v) is 2.14. The molecule has 20 heavy (non-hydrogen) atoms. The lowest BCUT2D eigenvalue weighted by molar-refractivity contribution is 0.461. The Bertz CT molecular complexity index is 845. The van der Waals surface area contributed by atoms with Crippen molar-refractivity contribution in [1.29, 1.82) is 0 Å². The molecule has 0 atom stereocenters. The summed E-state index contributed by atoms with van der Waals surface area (Å²) in [4.78, 5) is 22.5. The number of hydrogen-bond acceptors (Lipinski definition) is 4. The van der Waals surface area contributed by atoms with Gasteiger partial charge in [0.2, 0.25) is 5.88 Å². The maximum Gasteiger partial charge on any atom is 0.268 e. The Morgan fingerprint density at radius 2 is 2.10 bits per heavy atom. The third-order valence-corrected chi connectivity index (χ3v) is 3.49. The van der Waals surface area contributed by atoms with Crippen LogP contribution in [0.2, 0.25) is 0 Å². The molecule has 100 valence electrons. The molecule has 0 saturated heterocycles. The molecule has 2 aromatic heterocycles. The van der Waals surface area contributed by atoms with Gasteiger partial charge in [0.05, 0.1) is 6.33 Å². The topological polar surface area (TPSA) is 67.9 Å². The Hall–Kier alpha value is -2.21. The van der Waals surface area contributed by atoms with Gasteiger partial charge in [-0.2, -0.15) is 0 Å². The average molecular weight is 332 g/mol. The number of para-hydroxylation sites is 1. The quantitative estimate of drug-likeness (QED) is 0.783. The van der Waals surface area contributed by atoms with Gasteiger partial charge in [-0.1, -0.05) is 18.2 Å². The fourth-order valence-electron chi connectivity index (χ4n) is 1.84. The second-order valence-corrected chi connectivity index (χ2v) is 5.03. The number of benzene rings is 1. The molecule has 0 aliphatic heterocycles. The molecule has 3 rings (SSSR count). The molecular weight excluding hydrogens is 322 g/mol. The van der Waals surface area contributed by atoms with Gasteiger partial charge < -0.3 is 9.72 Å². The van der Waals surface area contributed by atoms with Gasteiger partial charge in [-0.15, -0.1) is 0 Å². The Balaban J connectivity index is 2.13. The zero-order chi connectivity index (χ0) is 14.1. The number of fused-ring (bicyclic) bond motifs is 1. The fraction of sp³-hybridized carbons (Fsp3) is 0.0714. The highest BCUT2D eigenvalue weighted by Crippen LogP contribution is 2.29. The van der Waals surface area contributed by atoms with E-state index in [1.807, 2.05) is 31.2 Å². The first kappa shape index (κ1) is 12.8. The maximum absolute atomic E-state index is 11.5. The number of aromatic nitrogens is 3. The second kappa shape index (κ2) is 5.05. The summed E-state index contributed by atoms with van der Waals surface area (Å²) < 4.78 is 5.97. The van der Waals surface area contributed by atoms with E-state index in [4.69, 9.17) is 4.74 Å². The number of nitrogens with one attached hydrogen (secondary N) is 1. The van der Waals surface area contributed by atoms with E-state index in [1.165, 1.54) is 6.33 Å². The highest BCUT2D eigenvalue weighted by Gasteiger charge is 2.10. The van der Waals surface area contributed by atoms with E-state index in [0.29, 0.717) is 5.75 Å². The molecule has 0 fully saturated rings. The summed E-state index contributed by atoms with van der Waals surface area (Å²) in [5.74, 6) is 0.773. The molecule has 3 aromatic rings. The van der Waals surface area contributed by atoms with Crippen LogP contribution in [-0.2, 0) is 0 Å². The van der Waals surface area contributed by atoms with Gasteiger partial charge in [-0.25, -0.2) is 9.97 Å². The molecule has 0 saturated carbocycles. The lowest BCUT2D eigenvalue weighted by Gasteiger charge is -2.08. The Morgan fingerprint density at radius 3 is 2.95 bits per heavy atom. The molecule has 0 aliphatic carbocycles. The van der Waals surface area contributed by atoms with Crippen LogP contribution in [0, 0.1) is 6.92 Å². The number of rotatable bonds is 2. The molecule has 0 aliphatic rings. The molecule has 2 heterocycles. The van der Waals surface area contributed by atoms with Crippen molar-refractivity contribution in [3.8, 4) is 11.6 Å². The van der Waals surface area contributed by atoms with Crippen LogP contribution in [-0.4, -0.2) is 15.0 Å². The molecule has 0 spiro atoms. The van der Waals surface area contributed by atoms with Crippen molar-refractivity contribution in [2.45, 2.75) is 6.92 Å². The Kier molecular flexibility index (Phi) is 3.23. The zero-order valence-corrected chi connectivity index (χ0v) is 12.1. The van der Waals surface area contributed by atoms with Crippen LogP contribution >= 0.6 is 15.9 Å². The first-order valence-electron chi connectivity index (χ1n) is 5.92. The smallest absolute Gasteiger partial charge is 0.268 e. The van der Waals surface area contributed by atoms with Crippen LogP contribution in [0.5, 0.6) is 11.6 Å². The summed E-state index contributed by atoms with van der Waals surface area (Å²) in [5.41, 5.74) is 1.34. The standard InChI is InChI=1S/C14H10BrN3O2/c1-8-5-6-9-3-2-4-10(12(9)18-8)20-14-11(15)13(19)16-7-17-14/h2-7H,1H3,(H,16,17,19). The van der Waals surface area contributed by atoms with Crippen LogP contribution < -0.4 is 10.3 Å². The van der Waals surface area contributed by atoms with E-state index in [9.17, 15) is 4.79 Å². The van der Waals surface area contributed by atoms with Crippen molar-refractivity contribution in [2.24, 2.45) is 0 Å². The minimum absolute atomic E-state index is 0.213. The van der Waals surface area contributed by atoms with Gasteiger partial charge in [-0.05, 0) is 35.0 Å². The molecule has 0 unspecified atom stereocenters. The number of H-pyrrole nitrogens is 1.